The summed E-state index contributed by atoms with van der Waals surface area (Å²) in [7, 11) is -0.589. The molecule has 0 N–H and O–H groups in total. The average molecular weight is 797 g/mol. The number of rotatable bonds is 5. The van der Waals surface area contributed by atoms with Crippen LogP contribution in [-0.4, -0.2) is 5.97 Å². The Morgan fingerprint density at radius 2 is 1.06 bits per heavy atom. The van der Waals surface area contributed by atoms with Gasteiger partial charge in [0, 0.05) is 3.57 Å². The maximum Gasteiger partial charge on any atom is 0.343 e. The summed E-state index contributed by atoms with van der Waals surface area (Å²) in [5.41, 5.74) is 0.422. The van der Waals surface area contributed by atoms with Gasteiger partial charge in [0.05, 0.1) is 23.6 Å². The van der Waals surface area contributed by atoms with E-state index >= 15 is 0 Å². The molecule has 0 bridgehead atoms. The van der Waals surface area contributed by atoms with Gasteiger partial charge < -0.3 is 4.74 Å². The van der Waals surface area contributed by atoms with E-state index in [1.807, 2.05) is 24.3 Å². The van der Waals surface area contributed by atoms with E-state index < -0.39 is 16.9 Å². The second kappa shape index (κ2) is 11.0. The molecule has 0 saturated heterocycles. The molecular formula is C25H14F2I3O2S+. The lowest BCUT2D eigenvalue weighted by Gasteiger charge is -2.11. The molecule has 0 aliphatic heterocycles. The van der Waals surface area contributed by atoms with Crippen LogP contribution in [-0.2, 0) is 10.9 Å². The van der Waals surface area contributed by atoms with Gasteiger partial charge >= 0.3 is 5.97 Å². The van der Waals surface area contributed by atoms with Crippen molar-refractivity contribution < 1.29 is 18.3 Å². The van der Waals surface area contributed by atoms with Crippen molar-refractivity contribution in [1.82, 2.24) is 0 Å². The molecule has 0 unspecified atom stereocenters. The van der Waals surface area contributed by atoms with E-state index in [1.54, 1.807) is 36.4 Å². The first kappa shape index (κ1) is 24.9. The lowest BCUT2D eigenvalue weighted by Crippen LogP contribution is -2.11. The topological polar surface area (TPSA) is 26.3 Å². The molecular weight excluding hydrogens is 783 g/mol. The average Bonchev–Trinajstić information content (AvgIpc) is 2.79. The number of carbonyl (C=O) groups is 1. The number of ether oxygens (including phenoxy) is 1. The Bertz CT molecular complexity index is 1230. The van der Waals surface area contributed by atoms with Gasteiger partial charge in [0.25, 0.3) is 0 Å². The third kappa shape index (κ3) is 6.06. The third-order valence-electron chi connectivity index (χ3n) is 4.58. The highest BCUT2D eigenvalue weighted by atomic mass is 127. The fourth-order valence-electron chi connectivity index (χ4n) is 3.05. The van der Waals surface area contributed by atoms with Crippen molar-refractivity contribution in [2.75, 3.05) is 0 Å². The van der Waals surface area contributed by atoms with Crippen LogP contribution in [0.25, 0.3) is 0 Å². The fraction of sp³-hybridized carbons (Fsp3) is 0. The Labute approximate surface area is 233 Å². The monoisotopic (exact) mass is 797 g/mol. The molecule has 0 heterocycles. The number of carbonyl (C=O) groups excluding carboxylic acids is 1. The van der Waals surface area contributed by atoms with Crippen molar-refractivity contribution in [2.24, 2.45) is 0 Å². The summed E-state index contributed by atoms with van der Waals surface area (Å²) in [6.07, 6.45) is 0. The van der Waals surface area contributed by atoms with Crippen LogP contribution in [0, 0.1) is 22.3 Å². The molecule has 4 aromatic carbocycles. The Morgan fingerprint density at radius 3 is 1.48 bits per heavy atom. The van der Waals surface area contributed by atoms with Gasteiger partial charge in [-0.05, 0) is 153 Å². The van der Waals surface area contributed by atoms with Crippen molar-refractivity contribution in [3.8, 4) is 5.75 Å². The predicted molar refractivity (Wildman–Crippen MR) is 151 cm³/mol. The molecule has 33 heavy (non-hydrogen) atoms. The van der Waals surface area contributed by atoms with E-state index in [0.29, 0.717) is 11.3 Å². The van der Waals surface area contributed by atoms with Crippen molar-refractivity contribution in [2.45, 2.75) is 14.7 Å². The molecule has 0 spiro atoms. The summed E-state index contributed by atoms with van der Waals surface area (Å²) in [6.45, 7) is 0. The Hall–Kier alpha value is -1.25. The summed E-state index contributed by atoms with van der Waals surface area (Å²) < 4.78 is 35.5. The van der Waals surface area contributed by atoms with E-state index in [1.165, 1.54) is 24.3 Å². The first-order valence-electron chi connectivity index (χ1n) is 9.54. The molecule has 0 amide bonds. The van der Waals surface area contributed by atoms with Crippen LogP contribution in [0.1, 0.15) is 10.4 Å². The smallest absolute Gasteiger partial charge is 0.343 e. The largest absolute Gasteiger partial charge is 0.421 e. The van der Waals surface area contributed by atoms with Crippen LogP contribution in [0.4, 0.5) is 8.78 Å². The number of hydrogen-bond donors (Lipinski definition) is 0. The molecule has 4 aromatic rings. The molecule has 0 aromatic heterocycles. The summed E-state index contributed by atoms with van der Waals surface area (Å²) >= 11 is 6.54. The predicted octanol–water partition coefficient (Wildman–Crippen LogP) is 8.09. The van der Waals surface area contributed by atoms with Crippen LogP contribution in [0.5, 0.6) is 5.75 Å². The van der Waals surface area contributed by atoms with Crippen molar-refractivity contribution in [3.63, 3.8) is 0 Å². The van der Waals surface area contributed by atoms with Gasteiger partial charge in [-0.25, -0.2) is 13.6 Å². The normalized spacial score (nSPS) is 11.0. The quantitative estimate of drug-likeness (QED) is 0.0885. The van der Waals surface area contributed by atoms with Crippen LogP contribution < -0.4 is 4.74 Å². The lowest BCUT2D eigenvalue weighted by molar-refractivity contribution is 0.0732. The van der Waals surface area contributed by atoms with Crippen LogP contribution >= 0.6 is 67.8 Å². The Kier molecular flexibility index (Phi) is 8.28. The van der Waals surface area contributed by atoms with E-state index in [9.17, 15) is 13.6 Å². The van der Waals surface area contributed by atoms with Crippen molar-refractivity contribution >= 4 is 84.6 Å². The second-order valence-corrected chi connectivity index (χ2v) is 12.4. The van der Waals surface area contributed by atoms with Gasteiger partial charge in [0.15, 0.2) is 20.4 Å². The Balaban J connectivity index is 1.64. The fourth-order valence-corrected chi connectivity index (χ4v) is 8.90. The number of benzene rings is 4. The molecule has 4 rings (SSSR count). The number of halogens is 5. The van der Waals surface area contributed by atoms with Gasteiger partial charge in [0.2, 0.25) is 0 Å². The number of esters is 1. The molecule has 166 valence electrons. The molecule has 0 radical (unpaired) electrons. The molecule has 2 nitrogen and oxygen atoms in total. The van der Waals surface area contributed by atoms with E-state index in [2.05, 4.69) is 67.8 Å². The SMILES string of the molecule is O=C(Oc1c(I)cc(I)cc1I)c1ccc([S+](c2ccc(F)cc2)c2ccc(F)cc2)cc1. The maximum absolute atomic E-state index is 13.5. The molecule has 0 aliphatic rings. The van der Waals surface area contributed by atoms with Gasteiger partial charge in [-0.2, -0.15) is 0 Å². The summed E-state index contributed by atoms with van der Waals surface area (Å²) in [6, 6.07) is 23.6. The second-order valence-electron chi connectivity index (χ2n) is 6.83. The van der Waals surface area contributed by atoms with Crippen molar-refractivity contribution in [1.29, 1.82) is 0 Å². The highest BCUT2D eigenvalue weighted by Gasteiger charge is 2.29. The van der Waals surface area contributed by atoms with Gasteiger partial charge in [-0.1, -0.05) is 0 Å². The molecule has 0 aliphatic carbocycles. The van der Waals surface area contributed by atoms with E-state index in [-0.39, 0.29) is 11.6 Å². The lowest BCUT2D eigenvalue weighted by atomic mass is 10.2. The van der Waals surface area contributed by atoms with Crippen LogP contribution in [0.2, 0.25) is 0 Å². The van der Waals surface area contributed by atoms with Crippen molar-refractivity contribution in [3.05, 3.63) is 113 Å². The summed E-state index contributed by atoms with van der Waals surface area (Å²) in [4.78, 5) is 15.5. The molecule has 0 atom stereocenters. The Morgan fingerprint density at radius 1 is 0.667 bits per heavy atom. The molecule has 8 heteroatoms. The van der Waals surface area contributed by atoms with Crippen LogP contribution in [0.3, 0.4) is 0 Å². The summed E-state index contributed by atoms with van der Waals surface area (Å²) in [5, 5.41) is 0. The first-order chi connectivity index (χ1) is 15.8. The highest BCUT2D eigenvalue weighted by molar-refractivity contribution is 14.1. The minimum absolute atomic E-state index is 0.320. The minimum Gasteiger partial charge on any atom is -0.421 e. The van der Waals surface area contributed by atoms with E-state index in [0.717, 1.165) is 25.4 Å². The standard InChI is InChI=1S/C25H14F2I3O2S/c26-16-3-9-20(10-4-16)33(21-11-5-17(27)6-12-21)19-7-1-15(2-8-19)25(31)32-24-22(29)13-18(28)14-23(24)30/h1-14H/q+1. The summed E-state index contributed by atoms with van der Waals surface area (Å²) in [5.74, 6) is -0.538. The number of hydrogen-bond acceptors (Lipinski definition) is 2. The maximum atomic E-state index is 13.5. The third-order valence-corrected chi connectivity index (χ3v) is 9.04. The first-order valence-corrected chi connectivity index (χ1v) is 14.0. The molecule has 0 fully saturated rings. The van der Waals surface area contributed by atoms with Crippen LogP contribution in [0.15, 0.2) is 99.6 Å². The molecule has 0 saturated carbocycles. The van der Waals surface area contributed by atoms with Gasteiger partial charge in [-0.3, -0.25) is 0 Å². The van der Waals surface area contributed by atoms with Gasteiger partial charge in [-0.15, -0.1) is 0 Å². The zero-order valence-corrected chi connectivity index (χ0v) is 24.0. The van der Waals surface area contributed by atoms with Gasteiger partial charge in [0.1, 0.15) is 11.6 Å². The zero-order chi connectivity index (χ0) is 23.5. The minimum atomic E-state index is -0.589. The highest BCUT2D eigenvalue weighted by Crippen LogP contribution is 2.33. The van der Waals surface area contributed by atoms with E-state index in [4.69, 9.17) is 4.74 Å². The zero-order valence-electron chi connectivity index (χ0n) is 16.7.